The summed E-state index contributed by atoms with van der Waals surface area (Å²) in [5.41, 5.74) is 2.25. The number of piperazine rings is 1. The lowest BCUT2D eigenvalue weighted by molar-refractivity contribution is -0.113. The number of rotatable bonds is 5. The number of nitrogens with zero attached hydrogens (tertiary/aromatic N) is 3. The minimum atomic E-state index is -0.155. The van der Waals surface area contributed by atoms with Gasteiger partial charge in [-0.25, -0.2) is 0 Å². The molecule has 0 N–H and O–H groups in total. The van der Waals surface area contributed by atoms with Crippen molar-refractivity contribution in [3.05, 3.63) is 77.2 Å². The number of hydrogen-bond acceptors (Lipinski definition) is 5. The highest BCUT2D eigenvalue weighted by molar-refractivity contribution is 8.18. The number of thioether (sulfide) groups is 1. The SMILES string of the molecule is CCCOc1ccc(C=C2SC(N3CCN(c4cccc5ccccc45)CC3)=NC2=O)cc1. The van der Waals surface area contributed by atoms with E-state index in [4.69, 9.17) is 4.74 Å². The molecule has 2 aliphatic rings. The zero-order valence-electron chi connectivity index (χ0n) is 18.7. The van der Waals surface area contributed by atoms with Crippen LogP contribution in [0.5, 0.6) is 5.75 Å². The van der Waals surface area contributed by atoms with E-state index in [-0.39, 0.29) is 5.91 Å². The lowest BCUT2D eigenvalue weighted by Crippen LogP contribution is -2.47. The number of carbonyl (C=O) groups excluding carboxylic acids is 1. The minimum Gasteiger partial charge on any atom is -0.494 e. The van der Waals surface area contributed by atoms with E-state index in [2.05, 4.69) is 64.2 Å². The molecule has 0 radical (unpaired) electrons. The van der Waals surface area contributed by atoms with Crippen LogP contribution in [0.25, 0.3) is 16.8 Å². The number of fused-ring (bicyclic) bond motifs is 1. The molecule has 5 rings (SSSR count). The summed E-state index contributed by atoms with van der Waals surface area (Å²) >= 11 is 1.48. The zero-order chi connectivity index (χ0) is 22.6. The zero-order valence-corrected chi connectivity index (χ0v) is 19.6. The largest absolute Gasteiger partial charge is 0.494 e. The molecule has 168 valence electrons. The molecule has 1 saturated heterocycles. The molecule has 3 aromatic rings. The number of aliphatic imine (C=N–C) groups is 1. The van der Waals surface area contributed by atoms with Crippen molar-refractivity contribution in [2.45, 2.75) is 13.3 Å². The Balaban J connectivity index is 1.22. The lowest BCUT2D eigenvalue weighted by Gasteiger charge is -2.37. The van der Waals surface area contributed by atoms with Gasteiger partial charge in [0, 0.05) is 37.3 Å². The van der Waals surface area contributed by atoms with Gasteiger partial charge >= 0.3 is 0 Å². The van der Waals surface area contributed by atoms with Gasteiger partial charge in [-0.15, -0.1) is 0 Å². The van der Waals surface area contributed by atoms with E-state index >= 15 is 0 Å². The van der Waals surface area contributed by atoms with Crippen molar-refractivity contribution in [3.63, 3.8) is 0 Å². The van der Waals surface area contributed by atoms with Gasteiger partial charge < -0.3 is 14.5 Å². The summed E-state index contributed by atoms with van der Waals surface area (Å²) in [5, 5.41) is 3.36. The molecule has 0 aliphatic carbocycles. The van der Waals surface area contributed by atoms with E-state index in [0.717, 1.165) is 49.1 Å². The van der Waals surface area contributed by atoms with E-state index in [9.17, 15) is 4.79 Å². The van der Waals surface area contributed by atoms with Gasteiger partial charge in [-0.2, -0.15) is 4.99 Å². The number of anilines is 1. The van der Waals surface area contributed by atoms with Crippen molar-refractivity contribution >= 4 is 45.4 Å². The fraction of sp³-hybridized carbons (Fsp3) is 0.259. The van der Waals surface area contributed by atoms with Crippen molar-refractivity contribution in [3.8, 4) is 5.75 Å². The molecule has 5 nitrogen and oxygen atoms in total. The average Bonchev–Trinajstić information content (AvgIpc) is 3.23. The number of benzene rings is 3. The summed E-state index contributed by atoms with van der Waals surface area (Å²) in [6.45, 7) is 6.29. The van der Waals surface area contributed by atoms with Crippen molar-refractivity contribution in [1.82, 2.24) is 4.90 Å². The molecular weight excluding hydrogens is 430 g/mol. The number of carbonyl (C=O) groups is 1. The predicted molar refractivity (Wildman–Crippen MR) is 138 cm³/mol. The van der Waals surface area contributed by atoms with E-state index in [1.165, 1.54) is 28.2 Å². The first-order chi connectivity index (χ1) is 16.2. The topological polar surface area (TPSA) is 45.1 Å². The first-order valence-electron chi connectivity index (χ1n) is 11.4. The number of hydrogen-bond donors (Lipinski definition) is 0. The summed E-state index contributed by atoms with van der Waals surface area (Å²) in [6, 6.07) is 22.8. The van der Waals surface area contributed by atoms with E-state index in [1.807, 2.05) is 30.3 Å². The Morgan fingerprint density at radius 1 is 0.939 bits per heavy atom. The fourth-order valence-corrected chi connectivity index (χ4v) is 5.15. The van der Waals surface area contributed by atoms with Crippen LogP contribution in [-0.4, -0.2) is 48.8 Å². The second-order valence-corrected chi connectivity index (χ2v) is 9.21. The molecule has 6 heteroatoms. The summed E-state index contributed by atoms with van der Waals surface area (Å²) in [4.78, 5) is 22.2. The Bertz CT molecular complexity index is 1210. The van der Waals surface area contributed by atoms with Gasteiger partial charge in [0.25, 0.3) is 5.91 Å². The highest BCUT2D eigenvalue weighted by Gasteiger charge is 2.28. The van der Waals surface area contributed by atoms with Crippen molar-refractivity contribution in [2.24, 2.45) is 4.99 Å². The molecule has 0 aromatic heterocycles. The Morgan fingerprint density at radius 3 is 2.45 bits per heavy atom. The van der Waals surface area contributed by atoms with E-state index in [0.29, 0.717) is 11.5 Å². The lowest BCUT2D eigenvalue weighted by atomic mass is 10.1. The first-order valence-corrected chi connectivity index (χ1v) is 12.3. The predicted octanol–water partition coefficient (Wildman–Crippen LogP) is 5.42. The third-order valence-corrected chi connectivity index (χ3v) is 6.96. The molecule has 1 fully saturated rings. The summed E-state index contributed by atoms with van der Waals surface area (Å²) in [6.07, 6.45) is 2.90. The summed E-state index contributed by atoms with van der Waals surface area (Å²) < 4.78 is 5.64. The second-order valence-electron chi connectivity index (χ2n) is 8.20. The van der Waals surface area contributed by atoms with Crippen LogP contribution in [0.3, 0.4) is 0 Å². The second kappa shape index (κ2) is 9.71. The fourth-order valence-electron chi connectivity index (χ4n) is 4.19. The van der Waals surface area contributed by atoms with Crippen LogP contribution in [-0.2, 0) is 4.79 Å². The van der Waals surface area contributed by atoms with Crippen LogP contribution in [0, 0.1) is 0 Å². The van der Waals surface area contributed by atoms with Crippen LogP contribution >= 0.6 is 11.8 Å². The van der Waals surface area contributed by atoms with Gasteiger partial charge in [-0.3, -0.25) is 4.79 Å². The average molecular weight is 458 g/mol. The maximum Gasteiger partial charge on any atom is 0.286 e. The van der Waals surface area contributed by atoms with E-state index < -0.39 is 0 Å². The van der Waals surface area contributed by atoms with Crippen LogP contribution in [0.4, 0.5) is 5.69 Å². The molecule has 0 spiro atoms. The molecular formula is C27H27N3O2S. The van der Waals surface area contributed by atoms with Crippen LogP contribution < -0.4 is 9.64 Å². The van der Waals surface area contributed by atoms with Crippen molar-refractivity contribution in [2.75, 3.05) is 37.7 Å². The molecule has 3 aromatic carbocycles. The molecule has 1 amide bonds. The van der Waals surface area contributed by atoms with Crippen LogP contribution in [0.2, 0.25) is 0 Å². The van der Waals surface area contributed by atoms with Gasteiger partial charge in [-0.1, -0.05) is 55.5 Å². The number of amides is 1. The molecule has 0 saturated carbocycles. The quantitative estimate of drug-likeness (QED) is 0.479. The normalized spacial score (nSPS) is 17.7. The highest BCUT2D eigenvalue weighted by Crippen LogP contribution is 2.32. The van der Waals surface area contributed by atoms with Gasteiger partial charge in [0.05, 0.1) is 11.5 Å². The smallest absolute Gasteiger partial charge is 0.286 e. The molecule has 2 heterocycles. The highest BCUT2D eigenvalue weighted by atomic mass is 32.2. The molecule has 33 heavy (non-hydrogen) atoms. The monoisotopic (exact) mass is 457 g/mol. The number of ether oxygens (including phenoxy) is 1. The Morgan fingerprint density at radius 2 is 1.67 bits per heavy atom. The molecule has 0 bridgehead atoms. The molecule has 2 aliphatic heterocycles. The number of amidine groups is 1. The van der Waals surface area contributed by atoms with Gasteiger partial charge in [0.2, 0.25) is 0 Å². The third-order valence-electron chi connectivity index (χ3n) is 5.92. The summed E-state index contributed by atoms with van der Waals surface area (Å²) in [5.74, 6) is 0.697. The Labute approximate surface area is 198 Å². The van der Waals surface area contributed by atoms with E-state index in [1.54, 1.807) is 0 Å². The van der Waals surface area contributed by atoms with Gasteiger partial charge in [0.15, 0.2) is 5.17 Å². The molecule has 0 unspecified atom stereocenters. The Kier molecular flexibility index (Phi) is 6.35. The minimum absolute atomic E-state index is 0.155. The first kappa shape index (κ1) is 21.6. The van der Waals surface area contributed by atoms with Gasteiger partial charge in [-0.05, 0) is 53.4 Å². The summed E-state index contributed by atoms with van der Waals surface area (Å²) in [7, 11) is 0. The standard InChI is InChI=1S/C27H27N3O2S/c1-2-18-32-22-12-10-20(11-13-22)19-25-26(31)28-27(33-25)30-16-14-29(15-17-30)24-9-5-7-21-6-3-4-8-23(21)24/h3-13,19H,2,14-18H2,1H3. The van der Waals surface area contributed by atoms with Crippen molar-refractivity contribution < 1.29 is 9.53 Å². The van der Waals surface area contributed by atoms with Crippen molar-refractivity contribution in [1.29, 1.82) is 0 Å². The Hall–Kier alpha value is -3.25. The maximum absolute atomic E-state index is 12.5. The maximum atomic E-state index is 12.5. The van der Waals surface area contributed by atoms with Crippen LogP contribution in [0.15, 0.2) is 76.6 Å². The van der Waals surface area contributed by atoms with Crippen LogP contribution in [0.1, 0.15) is 18.9 Å². The third kappa shape index (κ3) is 4.76. The molecule has 0 atom stereocenters. The van der Waals surface area contributed by atoms with Gasteiger partial charge in [0.1, 0.15) is 5.75 Å².